The minimum atomic E-state index is -0.310. The van der Waals surface area contributed by atoms with Crippen LogP contribution in [0, 0.1) is 12.7 Å². The molecule has 3 aromatic rings. The fourth-order valence-corrected chi connectivity index (χ4v) is 2.40. The molecule has 0 saturated heterocycles. The first-order valence-electron chi connectivity index (χ1n) is 6.65. The average molecular weight is 265 g/mol. The Morgan fingerprint density at radius 2 is 1.50 bits per heavy atom. The molecule has 0 aliphatic rings. The Kier molecular flexibility index (Phi) is 3.25. The summed E-state index contributed by atoms with van der Waals surface area (Å²) in [6.45, 7) is 1.75. The molecular weight excluding hydrogens is 249 g/mol. The first kappa shape index (κ1) is 12.8. The lowest BCUT2D eigenvalue weighted by Crippen LogP contribution is -2.12. The Hall–Kier alpha value is -2.19. The fourth-order valence-electron chi connectivity index (χ4n) is 2.40. The zero-order valence-corrected chi connectivity index (χ0v) is 11.3. The van der Waals surface area contributed by atoms with Crippen molar-refractivity contribution in [3.05, 3.63) is 83.2 Å². The van der Waals surface area contributed by atoms with E-state index in [2.05, 4.69) is 24.3 Å². The normalized spacial score (nSPS) is 12.6. The van der Waals surface area contributed by atoms with Crippen LogP contribution in [0.1, 0.15) is 22.7 Å². The van der Waals surface area contributed by atoms with Crippen molar-refractivity contribution in [1.29, 1.82) is 0 Å². The molecule has 1 unspecified atom stereocenters. The minimum Gasteiger partial charge on any atom is -0.320 e. The van der Waals surface area contributed by atoms with Crippen molar-refractivity contribution in [2.75, 3.05) is 0 Å². The van der Waals surface area contributed by atoms with Crippen molar-refractivity contribution in [1.82, 2.24) is 0 Å². The Bertz CT molecular complexity index is 764. The Morgan fingerprint density at radius 3 is 2.25 bits per heavy atom. The number of rotatable bonds is 2. The summed E-state index contributed by atoms with van der Waals surface area (Å²) in [5.74, 6) is -0.210. The highest BCUT2D eigenvalue weighted by Crippen LogP contribution is 2.24. The van der Waals surface area contributed by atoms with Crippen LogP contribution >= 0.6 is 0 Å². The summed E-state index contributed by atoms with van der Waals surface area (Å²) in [6.07, 6.45) is 0. The Balaban J connectivity index is 2.02. The van der Waals surface area contributed by atoms with Crippen LogP contribution in [-0.2, 0) is 0 Å². The topological polar surface area (TPSA) is 26.0 Å². The predicted octanol–water partition coefficient (Wildman–Crippen LogP) is 4.34. The van der Waals surface area contributed by atoms with Gasteiger partial charge in [-0.15, -0.1) is 0 Å². The molecule has 0 spiro atoms. The van der Waals surface area contributed by atoms with Gasteiger partial charge in [-0.2, -0.15) is 0 Å². The van der Waals surface area contributed by atoms with Crippen molar-refractivity contribution in [3.8, 4) is 0 Å². The molecule has 0 fully saturated rings. The van der Waals surface area contributed by atoms with Gasteiger partial charge in [-0.1, -0.05) is 48.5 Å². The maximum Gasteiger partial charge on any atom is 0.126 e. The third kappa shape index (κ3) is 2.30. The van der Waals surface area contributed by atoms with Crippen LogP contribution in [-0.4, -0.2) is 0 Å². The second-order valence-electron chi connectivity index (χ2n) is 5.09. The average Bonchev–Trinajstić information content (AvgIpc) is 2.49. The van der Waals surface area contributed by atoms with E-state index < -0.39 is 0 Å². The molecule has 0 bridgehead atoms. The monoisotopic (exact) mass is 265 g/mol. The molecule has 20 heavy (non-hydrogen) atoms. The van der Waals surface area contributed by atoms with E-state index in [9.17, 15) is 4.39 Å². The molecule has 0 aromatic heterocycles. The highest BCUT2D eigenvalue weighted by atomic mass is 19.1. The van der Waals surface area contributed by atoms with E-state index in [4.69, 9.17) is 5.73 Å². The first-order chi connectivity index (χ1) is 9.65. The minimum absolute atomic E-state index is 0.210. The molecule has 0 radical (unpaired) electrons. The second kappa shape index (κ2) is 5.06. The molecule has 1 atom stereocenters. The Labute approximate surface area is 117 Å². The zero-order valence-electron chi connectivity index (χ0n) is 11.3. The second-order valence-corrected chi connectivity index (χ2v) is 5.09. The lowest BCUT2D eigenvalue weighted by atomic mass is 9.96. The van der Waals surface area contributed by atoms with E-state index in [-0.39, 0.29) is 11.9 Å². The quantitative estimate of drug-likeness (QED) is 0.733. The van der Waals surface area contributed by atoms with E-state index >= 15 is 0 Å². The Morgan fingerprint density at radius 1 is 0.850 bits per heavy atom. The molecule has 0 aliphatic heterocycles. The number of halogens is 1. The standard InChI is InChI=1S/C18H16FN/c1-12-6-7-16(11-17(12)19)18(20)15-9-8-13-4-2-3-5-14(13)10-15/h2-11,18H,20H2,1H3. The maximum atomic E-state index is 13.7. The van der Waals surface area contributed by atoms with Crippen molar-refractivity contribution in [2.45, 2.75) is 13.0 Å². The summed E-state index contributed by atoms with van der Waals surface area (Å²) in [4.78, 5) is 0. The number of aryl methyl sites for hydroxylation is 1. The van der Waals surface area contributed by atoms with Gasteiger partial charge in [0.05, 0.1) is 6.04 Å². The van der Waals surface area contributed by atoms with Gasteiger partial charge in [0.1, 0.15) is 5.82 Å². The van der Waals surface area contributed by atoms with E-state index in [0.717, 1.165) is 16.5 Å². The molecule has 1 nitrogen and oxygen atoms in total. The van der Waals surface area contributed by atoms with Gasteiger partial charge in [-0.25, -0.2) is 4.39 Å². The molecule has 0 saturated carbocycles. The van der Waals surface area contributed by atoms with Crippen LogP contribution in [0.15, 0.2) is 60.7 Å². The molecule has 2 heteroatoms. The predicted molar refractivity (Wildman–Crippen MR) is 81.1 cm³/mol. The van der Waals surface area contributed by atoms with Crippen LogP contribution in [0.2, 0.25) is 0 Å². The van der Waals surface area contributed by atoms with Gasteiger partial charge in [-0.05, 0) is 46.5 Å². The summed E-state index contributed by atoms with van der Waals surface area (Å²) in [5, 5.41) is 2.33. The van der Waals surface area contributed by atoms with Crippen LogP contribution in [0.5, 0.6) is 0 Å². The third-order valence-corrected chi connectivity index (χ3v) is 3.69. The largest absolute Gasteiger partial charge is 0.320 e. The number of fused-ring (bicyclic) bond motifs is 1. The van der Waals surface area contributed by atoms with E-state index in [1.165, 1.54) is 11.5 Å². The van der Waals surface area contributed by atoms with Gasteiger partial charge in [-0.3, -0.25) is 0 Å². The van der Waals surface area contributed by atoms with E-state index in [1.54, 1.807) is 13.0 Å². The fraction of sp³-hybridized carbons (Fsp3) is 0.111. The van der Waals surface area contributed by atoms with Gasteiger partial charge >= 0.3 is 0 Å². The van der Waals surface area contributed by atoms with Crippen molar-refractivity contribution in [2.24, 2.45) is 5.73 Å². The number of hydrogen-bond acceptors (Lipinski definition) is 1. The molecule has 3 rings (SSSR count). The summed E-state index contributed by atoms with van der Waals surface area (Å²) in [5.41, 5.74) is 8.69. The van der Waals surface area contributed by atoms with Crippen molar-refractivity contribution >= 4 is 10.8 Å². The molecule has 0 amide bonds. The van der Waals surface area contributed by atoms with Gasteiger partial charge < -0.3 is 5.73 Å². The summed E-state index contributed by atoms with van der Waals surface area (Å²) in [7, 11) is 0. The van der Waals surface area contributed by atoms with Crippen LogP contribution < -0.4 is 5.73 Å². The maximum absolute atomic E-state index is 13.7. The van der Waals surface area contributed by atoms with Crippen LogP contribution in [0.4, 0.5) is 4.39 Å². The van der Waals surface area contributed by atoms with Gasteiger partial charge in [0, 0.05) is 0 Å². The van der Waals surface area contributed by atoms with E-state index in [0.29, 0.717) is 5.56 Å². The number of hydrogen-bond donors (Lipinski definition) is 1. The van der Waals surface area contributed by atoms with Gasteiger partial charge in [0.15, 0.2) is 0 Å². The highest BCUT2D eigenvalue weighted by molar-refractivity contribution is 5.83. The molecule has 100 valence electrons. The van der Waals surface area contributed by atoms with E-state index in [1.807, 2.05) is 24.3 Å². The summed E-state index contributed by atoms with van der Waals surface area (Å²) >= 11 is 0. The molecule has 0 aliphatic carbocycles. The first-order valence-corrected chi connectivity index (χ1v) is 6.65. The molecule has 2 N–H and O–H groups in total. The van der Waals surface area contributed by atoms with Crippen molar-refractivity contribution in [3.63, 3.8) is 0 Å². The van der Waals surface area contributed by atoms with Gasteiger partial charge in [0.25, 0.3) is 0 Å². The number of nitrogens with two attached hydrogens (primary N) is 1. The van der Waals surface area contributed by atoms with Crippen LogP contribution in [0.3, 0.4) is 0 Å². The van der Waals surface area contributed by atoms with Gasteiger partial charge in [0.2, 0.25) is 0 Å². The molecule has 3 aromatic carbocycles. The zero-order chi connectivity index (χ0) is 14.1. The van der Waals surface area contributed by atoms with Crippen molar-refractivity contribution < 1.29 is 4.39 Å². The van der Waals surface area contributed by atoms with Crippen LogP contribution in [0.25, 0.3) is 10.8 Å². The highest BCUT2D eigenvalue weighted by Gasteiger charge is 2.11. The number of benzene rings is 3. The molecular formula is C18H16FN. The summed E-state index contributed by atoms with van der Waals surface area (Å²) in [6, 6.07) is 19.1. The lowest BCUT2D eigenvalue weighted by molar-refractivity contribution is 0.614. The molecule has 0 heterocycles. The lowest BCUT2D eigenvalue weighted by Gasteiger charge is -2.14. The summed E-state index contributed by atoms with van der Waals surface area (Å²) < 4.78 is 13.7. The SMILES string of the molecule is Cc1ccc(C(N)c2ccc3ccccc3c2)cc1F. The third-order valence-electron chi connectivity index (χ3n) is 3.69. The smallest absolute Gasteiger partial charge is 0.126 e.